The van der Waals surface area contributed by atoms with E-state index in [1.54, 1.807) is 0 Å². The maximum absolute atomic E-state index is 2.73. The zero-order valence-corrected chi connectivity index (χ0v) is 33.2. The maximum atomic E-state index is 2.73. The third-order valence-electron chi connectivity index (χ3n) is 11.1. The van der Waals surface area contributed by atoms with Gasteiger partial charge in [-0.25, -0.2) is 0 Å². The summed E-state index contributed by atoms with van der Waals surface area (Å²) in [6.07, 6.45) is 58.9. The highest BCUT2D eigenvalue weighted by atomic mass is 15.4. The van der Waals surface area contributed by atoms with Crippen LogP contribution in [0.5, 0.6) is 0 Å². The molecular weight excluding hydrogens is 569 g/mol. The maximum Gasteiger partial charge on any atom is 0.101 e. The number of unbranched alkanes of at least 4 members (excludes halogenated alkanes) is 33. The molecule has 2 heteroatoms. The van der Waals surface area contributed by atoms with E-state index in [1.165, 1.54) is 251 Å². The first kappa shape index (κ1) is 44.4. The Kier molecular flexibility index (Phi) is 34.6. The van der Waals surface area contributed by atoms with Crippen molar-refractivity contribution in [3.8, 4) is 0 Å². The van der Waals surface area contributed by atoms with Crippen LogP contribution in [0.1, 0.15) is 258 Å². The van der Waals surface area contributed by atoms with Gasteiger partial charge in [-0.2, -0.15) is 0 Å². The molecule has 0 aromatic heterocycles. The van der Waals surface area contributed by atoms with Crippen molar-refractivity contribution >= 4 is 0 Å². The Morgan fingerprint density at radius 2 is 0.489 bits per heavy atom. The van der Waals surface area contributed by atoms with Crippen LogP contribution in [-0.4, -0.2) is 29.1 Å². The molecule has 2 nitrogen and oxygen atoms in total. The summed E-state index contributed by atoms with van der Waals surface area (Å²) in [5, 5.41) is 0. The zero-order valence-electron chi connectivity index (χ0n) is 33.2. The van der Waals surface area contributed by atoms with Gasteiger partial charge in [-0.15, -0.1) is 0 Å². The Hall–Kier alpha value is -0.660. The van der Waals surface area contributed by atoms with Gasteiger partial charge in [0.05, 0.1) is 0 Å². The molecule has 0 spiro atoms. The number of nitrogens with zero attached hydrogens (tertiary/aromatic N) is 2. The SMILES string of the molecule is CCCCCCCCCCCCCCCCC1N(CCCCCCCCCC)C=CN1CCCCCCCCCCCCCCCC. The average molecular weight is 659 g/mol. The summed E-state index contributed by atoms with van der Waals surface area (Å²) in [4.78, 5) is 5.46. The Balaban J connectivity index is 2.18. The fourth-order valence-electron chi connectivity index (χ4n) is 7.78. The van der Waals surface area contributed by atoms with Crippen LogP contribution in [0.25, 0.3) is 0 Å². The summed E-state index contributed by atoms with van der Waals surface area (Å²) in [6.45, 7) is 9.49. The molecule has 0 bridgehead atoms. The first-order valence-electron chi connectivity index (χ1n) is 22.5. The van der Waals surface area contributed by atoms with E-state index in [1.807, 2.05) is 0 Å². The van der Waals surface area contributed by atoms with Crippen molar-refractivity contribution in [2.24, 2.45) is 0 Å². The lowest BCUT2D eigenvalue weighted by atomic mass is 10.0. The van der Waals surface area contributed by atoms with E-state index in [2.05, 4.69) is 43.0 Å². The summed E-state index contributed by atoms with van der Waals surface area (Å²) in [5.41, 5.74) is 0. The Morgan fingerprint density at radius 3 is 0.745 bits per heavy atom. The quantitative estimate of drug-likeness (QED) is 0.0606. The molecule has 0 aliphatic carbocycles. The van der Waals surface area contributed by atoms with Crippen molar-refractivity contribution < 1.29 is 0 Å². The predicted molar refractivity (Wildman–Crippen MR) is 214 cm³/mol. The molecule has 280 valence electrons. The third-order valence-corrected chi connectivity index (χ3v) is 11.1. The van der Waals surface area contributed by atoms with Gasteiger partial charge in [-0.1, -0.05) is 233 Å². The fraction of sp³-hybridized carbons (Fsp3) is 0.956. The molecule has 0 aromatic rings. The van der Waals surface area contributed by atoms with E-state index in [4.69, 9.17) is 0 Å². The minimum absolute atomic E-state index is 0.638. The van der Waals surface area contributed by atoms with Crippen LogP contribution in [0.4, 0.5) is 0 Å². The van der Waals surface area contributed by atoms with Crippen LogP contribution in [-0.2, 0) is 0 Å². The van der Waals surface area contributed by atoms with E-state index >= 15 is 0 Å². The third kappa shape index (κ3) is 28.8. The van der Waals surface area contributed by atoms with Crippen LogP contribution >= 0.6 is 0 Å². The van der Waals surface area contributed by atoms with Crippen LogP contribution < -0.4 is 0 Å². The summed E-state index contributed by atoms with van der Waals surface area (Å²) >= 11 is 0. The molecule has 0 saturated carbocycles. The lowest BCUT2D eigenvalue weighted by Gasteiger charge is -2.33. The van der Waals surface area contributed by atoms with Crippen molar-refractivity contribution in [2.75, 3.05) is 13.1 Å². The Morgan fingerprint density at radius 1 is 0.277 bits per heavy atom. The van der Waals surface area contributed by atoms with Crippen LogP contribution in [0.15, 0.2) is 12.4 Å². The van der Waals surface area contributed by atoms with Crippen molar-refractivity contribution in [1.29, 1.82) is 0 Å². The van der Waals surface area contributed by atoms with E-state index in [9.17, 15) is 0 Å². The molecular formula is C45H90N2. The normalized spacial score (nSPS) is 14.7. The molecule has 0 saturated heterocycles. The van der Waals surface area contributed by atoms with Crippen LogP contribution in [0, 0.1) is 0 Å². The second-order valence-corrected chi connectivity index (χ2v) is 15.7. The van der Waals surface area contributed by atoms with Gasteiger partial charge in [0.15, 0.2) is 0 Å². The number of rotatable bonds is 39. The molecule has 0 aromatic carbocycles. The molecule has 0 fully saturated rings. The van der Waals surface area contributed by atoms with Crippen molar-refractivity contribution in [3.63, 3.8) is 0 Å². The van der Waals surface area contributed by atoms with Gasteiger partial charge in [0.1, 0.15) is 6.17 Å². The number of hydrogen-bond acceptors (Lipinski definition) is 2. The first-order valence-corrected chi connectivity index (χ1v) is 22.5. The van der Waals surface area contributed by atoms with Crippen LogP contribution in [0.3, 0.4) is 0 Å². The van der Waals surface area contributed by atoms with E-state index in [0.717, 1.165) is 0 Å². The van der Waals surface area contributed by atoms with Crippen molar-refractivity contribution in [2.45, 2.75) is 265 Å². The average Bonchev–Trinajstić information content (AvgIpc) is 3.47. The summed E-state index contributed by atoms with van der Waals surface area (Å²) in [5.74, 6) is 0. The van der Waals surface area contributed by atoms with E-state index in [0.29, 0.717) is 6.17 Å². The molecule has 1 aliphatic rings. The summed E-state index contributed by atoms with van der Waals surface area (Å²) in [7, 11) is 0. The van der Waals surface area contributed by atoms with Crippen LogP contribution in [0.2, 0.25) is 0 Å². The second kappa shape index (κ2) is 36.6. The number of hydrogen-bond donors (Lipinski definition) is 0. The molecule has 1 aliphatic heterocycles. The highest BCUT2D eigenvalue weighted by Gasteiger charge is 2.24. The summed E-state index contributed by atoms with van der Waals surface area (Å²) < 4.78 is 0. The van der Waals surface area contributed by atoms with Crippen molar-refractivity contribution in [3.05, 3.63) is 12.4 Å². The first-order chi connectivity index (χ1) is 23.3. The van der Waals surface area contributed by atoms with Crippen molar-refractivity contribution in [1.82, 2.24) is 9.80 Å². The largest absolute Gasteiger partial charge is 0.356 e. The minimum atomic E-state index is 0.638. The highest BCUT2D eigenvalue weighted by Crippen LogP contribution is 2.24. The van der Waals surface area contributed by atoms with Gasteiger partial charge >= 0.3 is 0 Å². The predicted octanol–water partition coefficient (Wildman–Crippen LogP) is 15.9. The fourth-order valence-corrected chi connectivity index (χ4v) is 7.78. The topological polar surface area (TPSA) is 6.48 Å². The molecule has 1 atom stereocenters. The molecule has 0 radical (unpaired) electrons. The van der Waals surface area contributed by atoms with Gasteiger partial charge in [-0.3, -0.25) is 0 Å². The van der Waals surface area contributed by atoms with Gasteiger partial charge in [0.2, 0.25) is 0 Å². The van der Waals surface area contributed by atoms with Gasteiger partial charge in [0, 0.05) is 25.5 Å². The van der Waals surface area contributed by atoms with E-state index in [-0.39, 0.29) is 0 Å². The zero-order chi connectivity index (χ0) is 33.7. The molecule has 0 N–H and O–H groups in total. The second-order valence-electron chi connectivity index (χ2n) is 15.7. The van der Waals surface area contributed by atoms with Gasteiger partial charge < -0.3 is 9.80 Å². The molecule has 1 unspecified atom stereocenters. The molecule has 47 heavy (non-hydrogen) atoms. The van der Waals surface area contributed by atoms with Gasteiger partial charge in [0.25, 0.3) is 0 Å². The molecule has 1 heterocycles. The van der Waals surface area contributed by atoms with Gasteiger partial charge in [-0.05, 0) is 25.7 Å². The summed E-state index contributed by atoms with van der Waals surface area (Å²) in [6, 6.07) is 0. The standard InChI is InChI=1S/C45H90N2/c1-4-7-10-13-16-19-21-23-25-27-29-31-34-37-40-45-46(41-38-35-32-18-15-12-9-6-3)43-44-47(45)42-39-36-33-30-28-26-24-22-20-17-14-11-8-5-2/h43-45H,4-42H2,1-3H3. The smallest absolute Gasteiger partial charge is 0.101 e. The minimum Gasteiger partial charge on any atom is -0.356 e. The highest BCUT2D eigenvalue weighted by molar-refractivity contribution is 4.97. The molecule has 1 rings (SSSR count). The Bertz CT molecular complexity index is 615. The lowest BCUT2D eigenvalue weighted by Crippen LogP contribution is -2.39. The lowest BCUT2D eigenvalue weighted by molar-refractivity contribution is 0.135. The monoisotopic (exact) mass is 659 g/mol. The molecule has 0 amide bonds. The van der Waals surface area contributed by atoms with E-state index < -0.39 is 0 Å². The Labute approximate surface area is 299 Å².